The van der Waals surface area contributed by atoms with Crippen LogP contribution in [0.2, 0.25) is 0 Å². The van der Waals surface area contributed by atoms with Crippen LogP contribution in [0.4, 0.5) is 24.5 Å². The van der Waals surface area contributed by atoms with Gasteiger partial charge in [-0.15, -0.1) is 13.2 Å². The summed E-state index contributed by atoms with van der Waals surface area (Å²) in [7, 11) is 0. The number of aliphatic imine (C=N–C) groups is 2. The highest BCUT2D eigenvalue weighted by molar-refractivity contribution is 7.80. The lowest BCUT2D eigenvalue weighted by Crippen LogP contribution is -2.24. The summed E-state index contributed by atoms with van der Waals surface area (Å²) in [6.45, 7) is 1.91. The standard InChI is InChI=1S/C23H20F3N7OS/c1-15-12-28-11-10-20(15)32-22(35)33-31-13-16-2-4-17(5-3-16)21(27)30-14-29-18-6-8-19(9-7-18)34-23(24,25)26/h2-14H,1H3,(H2,27,29,30)(H2,28,32,33,35)/b31-13-. The van der Waals surface area contributed by atoms with Crippen molar-refractivity contribution < 1.29 is 17.9 Å². The van der Waals surface area contributed by atoms with Gasteiger partial charge in [0.05, 0.1) is 11.9 Å². The van der Waals surface area contributed by atoms with Gasteiger partial charge in [-0.1, -0.05) is 24.3 Å². The van der Waals surface area contributed by atoms with Crippen molar-refractivity contribution in [3.8, 4) is 5.75 Å². The Labute approximate surface area is 204 Å². The van der Waals surface area contributed by atoms with E-state index in [-0.39, 0.29) is 11.6 Å². The van der Waals surface area contributed by atoms with Crippen molar-refractivity contribution in [1.82, 2.24) is 10.4 Å². The highest BCUT2D eigenvalue weighted by atomic mass is 32.1. The van der Waals surface area contributed by atoms with E-state index in [0.717, 1.165) is 28.9 Å². The lowest BCUT2D eigenvalue weighted by atomic mass is 10.1. The van der Waals surface area contributed by atoms with Gasteiger partial charge in [0.2, 0.25) is 0 Å². The molecule has 35 heavy (non-hydrogen) atoms. The first-order valence-corrected chi connectivity index (χ1v) is 10.4. The third-order valence-electron chi connectivity index (χ3n) is 4.33. The molecule has 3 rings (SSSR count). The van der Waals surface area contributed by atoms with Gasteiger partial charge in [-0.3, -0.25) is 10.4 Å². The molecule has 2 aromatic carbocycles. The van der Waals surface area contributed by atoms with Gasteiger partial charge in [0.25, 0.3) is 0 Å². The molecule has 8 nitrogen and oxygen atoms in total. The largest absolute Gasteiger partial charge is 0.573 e. The molecule has 0 bridgehead atoms. The van der Waals surface area contributed by atoms with Crippen molar-refractivity contribution in [3.63, 3.8) is 0 Å². The maximum atomic E-state index is 12.2. The Kier molecular flexibility index (Phi) is 8.46. The molecule has 0 amide bonds. The molecule has 0 spiro atoms. The number of rotatable bonds is 7. The van der Waals surface area contributed by atoms with E-state index in [1.54, 1.807) is 42.9 Å². The second-order valence-corrected chi connectivity index (χ2v) is 7.35. The van der Waals surface area contributed by atoms with Gasteiger partial charge in [-0.05, 0) is 60.6 Å². The molecule has 0 atom stereocenters. The van der Waals surface area contributed by atoms with E-state index in [1.165, 1.54) is 18.5 Å². The van der Waals surface area contributed by atoms with E-state index in [0.29, 0.717) is 16.4 Å². The highest BCUT2D eigenvalue weighted by Crippen LogP contribution is 2.24. The summed E-state index contributed by atoms with van der Waals surface area (Å²) in [6.07, 6.45) is 1.46. The maximum Gasteiger partial charge on any atom is 0.573 e. The predicted molar refractivity (Wildman–Crippen MR) is 134 cm³/mol. The molecule has 0 saturated carbocycles. The summed E-state index contributed by atoms with van der Waals surface area (Å²) >= 11 is 5.22. The molecular weight excluding hydrogens is 479 g/mol. The number of nitrogens with zero attached hydrogens (tertiary/aromatic N) is 4. The minimum absolute atomic E-state index is 0.213. The van der Waals surface area contributed by atoms with Crippen LogP contribution in [0.3, 0.4) is 0 Å². The van der Waals surface area contributed by atoms with Crippen LogP contribution >= 0.6 is 12.2 Å². The third-order valence-corrected chi connectivity index (χ3v) is 4.52. The first-order valence-electron chi connectivity index (χ1n) is 10.0. The normalized spacial score (nSPS) is 12.2. The molecule has 0 radical (unpaired) electrons. The molecule has 1 heterocycles. The smallest absolute Gasteiger partial charge is 0.406 e. The Bertz CT molecular complexity index is 1240. The van der Waals surface area contributed by atoms with Crippen LogP contribution < -0.4 is 21.2 Å². The average molecular weight is 500 g/mol. The number of halogens is 3. The minimum Gasteiger partial charge on any atom is -0.406 e. The van der Waals surface area contributed by atoms with Crippen LogP contribution in [-0.2, 0) is 0 Å². The van der Waals surface area contributed by atoms with E-state index >= 15 is 0 Å². The number of pyridine rings is 1. The van der Waals surface area contributed by atoms with E-state index in [2.05, 4.69) is 35.5 Å². The quantitative estimate of drug-likeness (QED) is 0.189. The molecule has 0 fully saturated rings. The van der Waals surface area contributed by atoms with Crippen LogP contribution in [-0.4, -0.2) is 34.8 Å². The lowest BCUT2D eigenvalue weighted by molar-refractivity contribution is -0.274. The first-order chi connectivity index (χ1) is 16.7. The van der Waals surface area contributed by atoms with E-state index in [9.17, 15) is 13.2 Å². The van der Waals surface area contributed by atoms with Crippen molar-refractivity contribution in [2.75, 3.05) is 5.32 Å². The van der Waals surface area contributed by atoms with Crippen molar-refractivity contribution in [3.05, 3.63) is 83.7 Å². The number of ether oxygens (including phenoxy) is 1. The van der Waals surface area contributed by atoms with Gasteiger partial charge in [0.1, 0.15) is 17.9 Å². The Morgan fingerprint density at radius 2 is 1.80 bits per heavy atom. The van der Waals surface area contributed by atoms with Gasteiger partial charge >= 0.3 is 6.36 Å². The number of aryl methyl sites for hydroxylation is 1. The summed E-state index contributed by atoms with van der Waals surface area (Å²) in [5.74, 6) is -0.120. The van der Waals surface area contributed by atoms with E-state index < -0.39 is 6.36 Å². The minimum atomic E-state index is -4.74. The lowest BCUT2D eigenvalue weighted by Gasteiger charge is -2.08. The number of anilines is 1. The molecule has 0 aliphatic heterocycles. The Hall–Kier alpha value is -4.32. The summed E-state index contributed by atoms with van der Waals surface area (Å²) in [5.41, 5.74) is 12.3. The molecule has 0 aliphatic rings. The third kappa shape index (κ3) is 8.51. The SMILES string of the molecule is Cc1cnccc1NC(=S)N/N=C\c1ccc(C(N)=NC=Nc2ccc(OC(F)(F)F)cc2)cc1. The van der Waals surface area contributed by atoms with Crippen LogP contribution in [0, 0.1) is 6.92 Å². The number of nitrogens with one attached hydrogen (secondary N) is 2. The Morgan fingerprint density at radius 1 is 1.09 bits per heavy atom. The maximum absolute atomic E-state index is 12.2. The molecule has 12 heteroatoms. The van der Waals surface area contributed by atoms with Crippen LogP contribution in [0.25, 0.3) is 0 Å². The second-order valence-electron chi connectivity index (χ2n) is 6.94. The Morgan fingerprint density at radius 3 is 2.46 bits per heavy atom. The fraction of sp³-hybridized carbons (Fsp3) is 0.0870. The van der Waals surface area contributed by atoms with Crippen molar-refractivity contribution in [1.29, 1.82) is 0 Å². The summed E-state index contributed by atoms with van der Waals surface area (Å²) in [6, 6.07) is 14.0. The van der Waals surface area contributed by atoms with Gasteiger partial charge in [0, 0.05) is 23.6 Å². The fourth-order valence-electron chi connectivity index (χ4n) is 2.64. The number of hydrazone groups is 1. The molecule has 0 saturated heterocycles. The molecule has 180 valence electrons. The number of thiocarbonyl (C=S) groups is 1. The first kappa shape index (κ1) is 25.3. The van der Waals surface area contributed by atoms with E-state index in [4.69, 9.17) is 18.0 Å². The number of nitrogens with two attached hydrogens (primary N) is 1. The van der Waals surface area contributed by atoms with Gasteiger partial charge < -0.3 is 15.8 Å². The van der Waals surface area contributed by atoms with Crippen molar-refractivity contribution >= 4 is 47.1 Å². The zero-order valence-electron chi connectivity index (χ0n) is 18.3. The van der Waals surface area contributed by atoms with Crippen LogP contribution in [0.15, 0.2) is 82.1 Å². The number of aromatic nitrogens is 1. The molecule has 0 aliphatic carbocycles. The number of hydrogen-bond acceptors (Lipinski definition) is 5. The van der Waals surface area contributed by atoms with Crippen LogP contribution in [0.5, 0.6) is 5.75 Å². The van der Waals surface area contributed by atoms with Gasteiger partial charge in [-0.25, -0.2) is 9.98 Å². The topological polar surface area (TPSA) is 109 Å². The molecular formula is C23H20F3N7OS. The van der Waals surface area contributed by atoms with Gasteiger partial charge in [-0.2, -0.15) is 5.10 Å². The predicted octanol–water partition coefficient (Wildman–Crippen LogP) is 4.67. The van der Waals surface area contributed by atoms with E-state index in [1.807, 2.05) is 13.0 Å². The molecule has 4 N–H and O–H groups in total. The molecule has 1 aromatic heterocycles. The number of benzene rings is 2. The fourth-order valence-corrected chi connectivity index (χ4v) is 2.80. The number of alkyl halides is 3. The average Bonchev–Trinajstić information content (AvgIpc) is 2.81. The van der Waals surface area contributed by atoms with Gasteiger partial charge in [0.15, 0.2) is 5.11 Å². The molecule has 0 unspecified atom stereocenters. The van der Waals surface area contributed by atoms with Crippen LogP contribution in [0.1, 0.15) is 16.7 Å². The number of amidine groups is 1. The monoisotopic (exact) mass is 499 g/mol. The zero-order chi connectivity index (χ0) is 25.3. The van der Waals surface area contributed by atoms with Crippen molar-refractivity contribution in [2.45, 2.75) is 13.3 Å². The summed E-state index contributed by atoms with van der Waals surface area (Å²) in [4.78, 5) is 12.1. The van der Waals surface area contributed by atoms with Crippen molar-refractivity contribution in [2.24, 2.45) is 20.8 Å². The summed E-state index contributed by atoms with van der Waals surface area (Å²) in [5, 5.41) is 7.47. The highest BCUT2D eigenvalue weighted by Gasteiger charge is 2.30. The second kappa shape index (κ2) is 11.7. The molecule has 3 aromatic rings. The Balaban J connectivity index is 1.52. The zero-order valence-corrected chi connectivity index (χ0v) is 19.1. The number of hydrogen-bond donors (Lipinski definition) is 3. The summed E-state index contributed by atoms with van der Waals surface area (Å²) < 4.78 is 40.4.